The number of nitrogens with zero attached hydrogens (tertiary/aromatic N) is 2. The summed E-state index contributed by atoms with van der Waals surface area (Å²) in [6.45, 7) is 0. The van der Waals surface area contributed by atoms with E-state index in [4.69, 9.17) is 5.84 Å². The number of aromatic nitrogens is 2. The highest BCUT2D eigenvalue weighted by atomic mass is 79.9. The summed E-state index contributed by atoms with van der Waals surface area (Å²) >= 11 is 3.36. The maximum atomic E-state index is 12.8. The standard InChI is InChI=1S/C12H12BrFN4/c13-9-3-8(5-16-6-9)4-12(18-15)11-2-1-10(14)7-17-11/h1-3,5-7,12,18H,4,15H2. The molecular weight excluding hydrogens is 299 g/mol. The molecule has 3 N–H and O–H groups in total. The van der Waals surface area contributed by atoms with Crippen LogP contribution in [0.4, 0.5) is 4.39 Å². The number of nitrogens with two attached hydrogens (primary N) is 1. The summed E-state index contributed by atoms with van der Waals surface area (Å²) in [6.07, 6.45) is 5.28. The minimum atomic E-state index is -0.362. The largest absolute Gasteiger partial charge is 0.271 e. The third-order valence-electron chi connectivity index (χ3n) is 2.51. The minimum Gasteiger partial charge on any atom is -0.271 e. The number of pyridine rings is 2. The molecule has 0 bridgehead atoms. The first-order valence-corrected chi connectivity index (χ1v) is 6.15. The molecule has 0 saturated carbocycles. The van der Waals surface area contributed by atoms with Crippen molar-refractivity contribution < 1.29 is 4.39 Å². The van der Waals surface area contributed by atoms with Gasteiger partial charge in [0.15, 0.2) is 0 Å². The highest BCUT2D eigenvalue weighted by molar-refractivity contribution is 9.10. The van der Waals surface area contributed by atoms with Crippen LogP contribution in [0, 0.1) is 5.82 Å². The molecular formula is C12H12BrFN4. The van der Waals surface area contributed by atoms with Crippen LogP contribution in [0.3, 0.4) is 0 Å². The predicted octanol–water partition coefficient (Wildman–Crippen LogP) is 2.13. The van der Waals surface area contributed by atoms with E-state index >= 15 is 0 Å². The molecule has 1 atom stereocenters. The van der Waals surface area contributed by atoms with Gasteiger partial charge in [0.2, 0.25) is 0 Å². The number of hydrogen-bond donors (Lipinski definition) is 2. The lowest BCUT2D eigenvalue weighted by Crippen LogP contribution is -2.30. The first kappa shape index (κ1) is 13.1. The first-order valence-electron chi connectivity index (χ1n) is 5.36. The lowest BCUT2D eigenvalue weighted by atomic mass is 10.1. The van der Waals surface area contributed by atoms with Gasteiger partial charge in [0, 0.05) is 16.9 Å². The van der Waals surface area contributed by atoms with Crippen LogP contribution in [0.15, 0.2) is 41.3 Å². The molecule has 0 aromatic carbocycles. The fourth-order valence-electron chi connectivity index (χ4n) is 1.65. The summed E-state index contributed by atoms with van der Waals surface area (Å²) < 4.78 is 13.7. The van der Waals surface area contributed by atoms with Crippen LogP contribution in [0.25, 0.3) is 0 Å². The Kier molecular flexibility index (Phi) is 4.35. The molecule has 2 rings (SSSR count). The molecule has 4 nitrogen and oxygen atoms in total. The van der Waals surface area contributed by atoms with E-state index in [1.54, 1.807) is 18.5 Å². The molecule has 0 radical (unpaired) electrons. The maximum absolute atomic E-state index is 12.8. The Bertz CT molecular complexity index is 518. The van der Waals surface area contributed by atoms with Crippen molar-refractivity contribution in [2.45, 2.75) is 12.5 Å². The summed E-state index contributed by atoms with van der Waals surface area (Å²) in [7, 11) is 0. The average Bonchev–Trinajstić information content (AvgIpc) is 2.37. The molecule has 94 valence electrons. The molecule has 0 spiro atoms. The van der Waals surface area contributed by atoms with Gasteiger partial charge in [-0.05, 0) is 46.1 Å². The summed E-state index contributed by atoms with van der Waals surface area (Å²) in [5, 5.41) is 0. The highest BCUT2D eigenvalue weighted by Crippen LogP contribution is 2.18. The summed E-state index contributed by atoms with van der Waals surface area (Å²) in [4.78, 5) is 8.10. The zero-order valence-electron chi connectivity index (χ0n) is 9.48. The zero-order valence-corrected chi connectivity index (χ0v) is 11.1. The van der Waals surface area contributed by atoms with E-state index in [1.807, 2.05) is 6.07 Å². The Morgan fingerprint density at radius 1 is 1.33 bits per heavy atom. The average molecular weight is 311 g/mol. The third-order valence-corrected chi connectivity index (χ3v) is 2.94. The van der Waals surface area contributed by atoms with Crippen LogP contribution in [0.1, 0.15) is 17.3 Å². The Morgan fingerprint density at radius 2 is 2.17 bits per heavy atom. The molecule has 0 fully saturated rings. The quantitative estimate of drug-likeness (QED) is 0.671. The topological polar surface area (TPSA) is 63.8 Å². The molecule has 0 amide bonds. The minimum absolute atomic E-state index is 0.179. The SMILES string of the molecule is NNC(Cc1cncc(Br)c1)c1ccc(F)cn1. The van der Waals surface area contributed by atoms with E-state index in [2.05, 4.69) is 31.3 Å². The highest BCUT2D eigenvalue weighted by Gasteiger charge is 2.12. The number of rotatable bonds is 4. The number of nitrogens with one attached hydrogen (secondary N) is 1. The van der Waals surface area contributed by atoms with Crippen LogP contribution < -0.4 is 11.3 Å². The number of hydrazine groups is 1. The van der Waals surface area contributed by atoms with Crippen molar-refractivity contribution in [1.29, 1.82) is 0 Å². The van der Waals surface area contributed by atoms with E-state index in [-0.39, 0.29) is 11.9 Å². The molecule has 0 aliphatic heterocycles. The van der Waals surface area contributed by atoms with Crippen LogP contribution >= 0.6 is 15.9 Å². The summed E-state index contributed by atoms with van der Waals surface area (Å²) in [5.74, 6) is 5.15. The van der Waals surface area contributed by atoms with Gasteiger partial charge in [-0.25, -0.2) is 4.39 Å². The van der Waals surface area contributed by atoms with Crippen molar-refractivity contribution >= 4 is 15.9 Å². The van der Waals surface area contributed by atoms with Crippen LogP contribution in [0.2, 0.25) is 0 Å². The van der Waals surface area contributed by atoms with E-state index < -0.39 is 0 Å². The molecule has 6 heteroatoms. The van der Waals surface area contributed by atoms with Crippen molar-refractivity contribution in [3.63, 3.8) is 0 Å². The molecule has 0 aliphatic rings. The first-order chi connectivity index (χ1) is 8.69. The Labute approximate surface area is 113 Å². The Morgan fingerprint density at radius 3 is 2.78 bits per heavy atom. The van der Waals surface area contributed by atoms with Gasteiger partial charge in [0.25, 0.3) is 0 Å². The van der Waals surface area contributed by atoms with Gasteiger partial charge in [-0.15, -0.1) is 0 Å². The van der Waals surface area contributed by atoms with Gasteiger partial charge < -0.3 is 0 Å². The van der Waals surface area contributed by atoms with E-state index in [1.165, 1.54) is 12.3 Å². The fraction of sp³-hybridized carbons (Fsp3) is 0.167. The Balaban J connectivity index is 2.17. The molecule has 2 aromatic rings. The third kappa shape index (κ3) is 3.32. The molecule has 2 aromatic heterocycles. The van der Waals surface area contributed by atoms with Crippen molar-refractivity contribution in [2.24, 2.45) is 5.84 Å². The maximum Gasteiger partial charge on any atom is 0.141 e. The van der Waals surface area contributed by atoms with Crippen molar-refractivity contribution in [3.8, 4) is 0 Å². The van der Waals surface area contributed by atoms with Gasteiger partial charge in [0.1, 0.15) is 5.82 Å². The molecule has 1 unspecified atom stereocenters. The number of hydrogen-bond acceptors (Lipinski definition) is 4. The van der Waals surface area contributed by atoms with Gasteiger partial charge >= 0.3 is 0 Å². The van der Waals surface area contributed by atoms with Crippen LogP contribution in [0.5, 0.6) is 0 Å². The van der Waals surface area contributed by atoms with Crippen molar-refractivity contribution in [2.75, 3.05) is 0 Å². The summed E-state index contributed by atoms with van der Waals surface area (Å²) in [6, 6.07) is 4.76. The lowest BCUT2D eigenvalue weighted by molar-refractivity contribution is 0.532. The van der Waals surface area contributed by atoms with Crippen molar-refractivity contribution in [3.05, 3.63) is 58.3 Å². The van der Waals surface area contributed by atoms with E-state index in [0.717, 1.165) is 10.0 Å². The molecule has 2 heterocycles. The fourth-order valence-corrected chi connectivity index (χ4v) is 2.06. The molecule has 0 saturated heterocycles. The molecule has 18 heavy (non-hydrogen) atoms. The normalized spacial score (nSPS) is 12.4. The van der Waals surface area contributed by atoms with Crippen LogP contribution in [-0.2, 0) is 6.42 Å². The zero-order chi connectivity index (χ0) is 13.0. The predicted molar refractivity (Wildman–Crippen MR) is 69.9 cm³/mol. The van der Waals surface area contributed by atoms with Crippen LogP contribution in [-0.4, -0.2) is 9.97 Å². The Hall–Kier alpha value is -1.37. The van der Waals surface area contributed by atoms with Crippen molar-refractivity contribution in [1.82, 2.24) is 15.4 Å². The second-order valence-corrected chi connectivity index (χ2v) is 4.75. The second-order valence-electron chi connectivity index (χ2n) is 3.84. The number of halogens is 2. The van der Waals surface area contributed by atoms with Gasteiger partial charge in [-0.1, -0.05) is 0 Å². The monoisotopic (exact) mass is 310 g/mol. The molecule has 0 aliphatic carbocycles. The van der Waals surface area contributed by atoms with Gasteiger partial charge in [0.05, 0.1) is 17.9 Å². The second kappa shape index (κ2) is 5.99. The van der Waals surface area contributed by atoms with E-state index in [0.29, 0.717) is 12.1 Å². The smallest absolute Gasteiger partial charge is 0.141 e. The summed E-state index contributed by atoms with van der Waals surface area (Å²) in [5.41, 5.74) is 4.38. The van der Waals surface area contributed by atoms with E-state index in [9.17, 15) is 4.39 Å². The van der Waals surface area contributed by atoms with Gasteiger partial charge in [-0.3, -0.25) is 21.2 Å². The van der Waals surface area contributed by atoms with Gasteiger partial charge in [-0.2, -0.15) is 0 Å². The lowest BCUT2D eigenvalue weighted by Gasteiger charge is -2.15.